The lowest BCUT2D eigenvalue weighted by Crippen LogP contribution is -2.49. The number of halogens is 3. The van der Waals surface area contributed by atoms with Crippen LogP contribution < -0.4 is 20.3 Å². The Balaban J connectivity index is 1.80. The number of ketones is 1. The number of fused-ring (bicyclic) bond motifs is 1. The van der Waals surface area contributed by atoms with Gasteiger partial charge in [-0.3, -0.25) is 14.5 Å². The lowest BCUT2D eigenvalue weighted by molar-refractivity contribution is -0.274. The van der Waals surface area contributed by atoms with Crippen LogP contribution in [0.25, 0.3) is 0 Å². The molecule has 0 radical (unpaired) electrons. The number of nitrogens with zero attached hydrogens (tertiary/aromatic N) is 2. The highest BCUT2D eigenvalue weighted by Crippen LogP contribution is 2.28. The van der Waals surface area contributed by atoms with Crippen molar-refractivity contribution in [3.8, 4) is 5.75 Å². The van der Waals surface area contributed by atoms with E-state index in [1.807, 2.05) is 0 Å². The van der Waals surface area contributed by atoms with Crippen molar-refractivity contribution in [2.24, 2.45) is 0 Å². The molecule has 0 fully saturated rings. The lowest BCUT2D eigenvalue weighted by atomic mass is 10.0. The first-order chi connectivity index (χ1) is 13.6. The van der Waals surface area contributed by atoms with Gasteiger partial charge in [-0.25, -0.2) is 9.78 Å². The van der Waals surface area contributed by atoms with E-state index >= 15 is 0 Å². The Morgan fingerprint density at radius 1 is 1.24 bits per heavy atom. The SMILES string of the molecule is CC(=O)C(NC(=O)N1CC(=O)Nc2cccnc21)c1ccc(OC(F)(F)F)cc1. The van der Waals surface area contributed by atoms with Crippen LogP contribution in [0.3, 0.4) is 0 Å². The number of benzene rings is 1. The molecule has 0 spiro atoms. The summed E-state index contributed by atoms with van der Waals surface area (Å²) < 4.78 is 40.6. The molecule has 0 aliphatic carbocycles. The molecular formula is C18H15F3N4O4. The van der Waals surface area contributed by atoms with Crippen molar-refractivity contribution in [1.82, 2.24) is 10.3 Å². The van der Waals surface area contributed by atoms with Gasteiger partial charge >= 0.3 is 12.4 Å². The number of anilines is 2. The Hall–Kier alpha value is -3.63. The Kier molecular flexibility index (Phi) is 5.39. The van der Waals surface area contributed by atoms with E-state index < -0.39 is 35.9 Å². The fourth-order valence-corrected chi connectivity index (χ4v) is 2.77. The van der Waals surface area contributed by atoms with Gasteiger partial charge in [0.1, 0.15) is 18.3 Å². The molecule has 1 aromatic carbocycles. The number of carbonyl (C=O) groups is 3. The van der Waals surface area contributed by atoms with E-state index in [9.17, 15) is 27.6 Å². The highest BCUT2D eigenvalue weighted by atomic mass is 19.4. The number of hydrogen-bond donors (Lipinski definition) is 2. The number of aromatic nitrogens is 1. The standard InChI is InChI=1S/C18H15F3N4O4/c1-10(26)15(11-4-6-12(7-5-11)29-18(19,20)21)24-17(28)25-9-14(27)23-13-3-2-8-22-16(13)25/h2-8,15H,9H2,1H3,(H,23,27)(H,24,28). The summed E-state index contributed by atoms with van der Waals surface area (Å²) in [6.07, 6.45) is -3.40. The Morgan fingerprint density at radius 3 is 2.55 bits per heavy atom. The second-order valence-electron chi connectivity index (χ2n) is 6.12. The minimum atomic E-state index is -4.84. The van der Waals surface area contributed by atoms with Crippen molar-refractivity contribution in [3.05, 3.63) is 48.2 Å². The third-order valence-electron chi connectivity index (χ3n) is 3.98. The second-order valence-corrected chi connectivity index (χ2v) is 6.12. The predicted molar refractivity (Wildman–Crippen MR) is 95.3 cm³/mol. The van der Waals surface area contributed by atoms with Crippen LogP contribution in [0.2, 0.25) is 0 Å². The van der Waals surface area contributed by atoms with Crippen molar-refractivity contribution in [2.45, 2.75) is 19.3 Å². The largest absolute Gasteiger partial charge is 0.573 e. The number of urea groups is 1. The van der Waals surface area contributed by atoms with Crippen molar-refractivity contribution in [2.75, 3.05) is 16.8 Å². The molecule has 0 saturated carbocycles. The molecule has 3 amide bonds. The summed E-state index contributed by atoms with van der Waals surface area (Å²) >= 11 is 0. The molecule has 0 saturated heterocycles. The quantitative estimate of drug-likeness (QED) is 0.810. The molecule has 1 unspecified atom stereocenters. The molecule has 1 aliphatic rings. The van der Waals surface area contributed by atoms with E-state index in [2.05, 4.69) is 20.4 Å². The van der Waals surface area contributed by atoms with Crippen molar-refractivity contribution >= 4 is 29.2 Å². The van der Waals surface area contributed by atoms with Crippen LogP contribution in [-0.2, 0) is 9.59 Å². The highest BCUT2D eigenvalue weighted by Gasteiger charge is 2.32. The Bertz CT molecular complexity index is 947. The van der Waals surface area contributed by atoms with Gasteiger partial charge in [-0.15, -0.1) is 13.2 Å². The monoisotopic (exact) mass is 408 g/mol. The number of rotatable bonds is 4. The van der Waals surface area contributed by atoms with Crippen LogP contribution in [0.5, 0.6) is 5.75 Å². The van der Waals surface area contributed by atoms with E-state index in [0.717, 1.165) is 17.0 Å². The first-order valence-electron chi connectivity index (χ1n) is 8.33. The zero-order valence-electron chi connectivity index (χ0n) is 15.0. The third kappa shape index (κ3) is 4.81. The van der Waals surface area contributed by atoms with Crippen LogP contribution in [-0.4, -0.2) is 35.6 Å². The predicted octanol–water partition coefficient (Wildman–Crippen LogP) is 2.78. The number of pyridine rings is 1. The number of ether oxygens (including phenoxy) is 1. The summed E-state index contributed by atoms with van der Waals surface area (Å²) in [5.74, 6) is -1.14. The molecular weight excluding hydrogens is 393 g/mol. The maximum Gasteiger partial charge on any atom is 0.573 e. The summed E-state index contributed by atoms with van der Waals surface area (Å²) in [6, 6.07) is 5.82. The van der Waals surface area contributed by atoms with Crippen molar-refractivity contribution in [3.63, 3.8) is 0 Å². The molecule has 2 heterocycles. The average Bonchev–Trinajstić information content (AvgIpc) is 2.64. The van der Waals surface area contributed by atoms with Gasteiger partial charge in [-0.1, -0.05) is 12.1 Å². The summed E-state index contributed by atoms with van der Waals surface area (Å²) in [4.78, 5) is 41.8. The first kappa shape index (κ1) is 20.1. The number of hydrogen-bond acceptors (Lipinski definition) is 5. The smallest absolute Gasteiger partial charge is 0.406 e. The van der Waals surface area contributed by atoms with E-state index in [1.165, 1.54) is 25.3 Å². The van der Waals surface area contributed by atoms with Gasteiger partial charge in [0.05, 0.1) is 5.69 Å². The minimum absolute atomic E-state index is 0.209. The summed E-state index contributed by atoms with van der Waals surface area (Å²) in [7, 11) is 0. The molecule has 1 aliphatic heterocycles. The molecule has 0 bridgehead atoms. The molecule has 1 atom stereocenters. The molecule has 152 valence electrons. The molecule has 3 rings (SSSR count). The van der Waals surface area contributed by atoms with E-state index in [0.29, 0.717) is 5.69 Å². The van der Waals surface area contributed by atoms with Crippen LogP contribution in [0.4, 0.5) is 29.5 Å². The summed E-state index contributed by atoms with van der Waals surface area (Å²) in [6.45, 7) is 0.916. The highest BCUT2D eigenvalue weighted by molar-refractivity contribution is 6.09. The summed E-state index contributed by atoms with van der Waals surface area (Å²) in [5.41, 5.74) is 0.593. The van der Waals surface area contributed by atoms with Crippen molar-refractivity contribution in [1.29, 1.82) is 0 Å². The second kappa shape index (κ2) is 7.78. The normalized spacial score (nSPS) is 14.5. The number of carbonyl (C=O) groups excluding carboxylic acids is 3. The van der Waals surface area contributed by atoms with Gasteiger partial charge < -0.3 is 15.4 Å². The zero-order valence-corrected chi connectivity index (χ0v) is 15.0. The van der Waals surface area contributed by atoms with Crippen LogP contribution in [0.15, 0.2) is 42.6 Å². The van der Waals surface area contributed by atoms with Gasteiger partial charge in [0.2, 0.25) is 5.91 Å². The molecule has 2 N–H and O–H groups in total. The van der Waals surface area contributed by atoms with Crippen molar-refractivity contribution < 1.29 is 32.3 Å². The maximum atomic E-state index is 12.7. The van der Waals surface area contributed by atoms with Gasteiger partial charge in [-0.2, -0.15) is 0 Å². The third-order valence-corrected chi connectivity index (χ3v) is 3.98. The van der Waals surface area contributed by atoms with Crippen LogP contribution in [0, 0.1) is 0 Å². The lowest BCUT2D eigenvalue weighted by Gasteiger charge is -2.29. The molecule has 11 heteroatoms. The number of alkyl halides is 3. The van der Waals surface area contributed by atoms with Gasteiger partial charge in [0.15, 0.2) is 11.6 Å². The minimum Gasteiger partial charge on any atom is -0.406 e. The van der Waals surface area contributed by atoms with Gasteiger partial charge in [0.25, 0.3) is 0 Å². The Labute approximate surface area is 162 Å². The molecule has 29 heavy (non-hydrogen) atoms. The first-order valence-corrected chi connectivity index (χ1v) is 8.33. The molecule has 8 nitrogen and oxygen atoms in total. The van der Waals surface area contributed by atoms with Gasteiger partial charge in [0, 0.05) is 6.20 Å². The number of Topliss-reactive ketones (excluding diaryl/α,β-unsaturated/α-hetero) is 1. The number of amides is 3. The van der Waals surface area contributed by atoms with E-state index in [4.69, 9.17) is 0 Å². The topological polar surface area (TPSA) is 101 Å². The Morgan fingerprint density at radius 2 is 1.93 bits per heavy atom. The van der Waals surface area contributed by atoms with Gasteiger partial charge in [-0.05, 0) is 36.8 Å². The molecule has 2 aromatic rings. The van der Waals surface area contributed by atoms with Crippen LogP contribution >= 0.6 is 0 Å². The fourth-order valence-electron chi connectivity index (χ4n) is 2.77. The van der Waals surface area contributed by atoms with E-state index in [1.54, 1.807) is 12.1 Å². The van der Waals surface area contributed by atoms with E-state index in [-0.39, 0.29) is 17.9 Å². The number of nitrogens with one attached hydrogen (secondary N) is 2. The maximum absolute atomic E-state index is 12.7. The fraction of sp³-hybridized carbons (Fsp3) is 0.222. The summed E-state index contributed by atoms with van der Waals surface area (Å²) in [5, 5.41) is 5.07. The zero-order chi connectivity index (χ0) is 21.2. The van der Waals surface area contributed by atoms with Crippen LogP contribution in [0.1, 0.15) is 18.5 Å². The average molecular weight is 408 g/mol. The molecule has 1 aromatic heterocycles.